The molecule has 1 aliphatic heterocycles. The summed E-state index contributed by atoms with van der Waals surface area (Å²) in [7, 11) is 1.49. The molecule has 2 aromatic rings. The first-order valence-electron chi connectivity index (χ1n) is 9.60. The maximum Gasteiger partial charge on any atom is 0.339 e. The van der Waals surface area contributed by atoms with E-state index in [1.54, 1.807) is 36.1 Å². The normalized spacial score (nSPS) is 14.7. The molecule has 160 valence electrons. The molecule has 8 heteroatoms. The fraction of sp³-hybridized carbons (Fsp3) is 0.364. The highest BCUT2D eigenvalue weighted by Gasteiger charge is 2.26. The minimum atomic E-state index is -0.887. The Balaban J connectivity index is 1.62. The highest BCUT2D eigenvalue weighted by atomic mass is 35.5. The maximum absolute atomic E-state index is 12.5. The Morgan fingerprint density at radius 2 is 1.80 bits per heavy atom. The van der Waals surface area contributed by atoms with Gasteiger partial charge in [0, 0.05) is 18.1 Å². The van der Waals surface area contributed by atoms with E-state index in [9.17, 15) is 9.59 Å². The lowest BCUT2D eigenvalue weighted by Crippen LogP contribution is -2.46. The predicted octanol–water partition coefficient (Wildman–Crippen LogP) is 3.33. The van der Waals surface area contributed by atoms with Crippen molar-refractivity contribution >= 4 is 23.5 Å². The first-order valence-corrected chi connectivity index (χ1v) is 9.98. The van der Waals surface area contributed by atoms with Crippen LogP contribution < -0.4 is 9.47 Å². The van der Waals surface area contributed by atoms with Gasteiger partial charge in [-0.3, -0.25) is 4.79 Å². The topological polar surface area (TPSA) is 74.3 Å². The van der Waals surface area contributed by atoms with E-state index in [0.29, 0.717) is 49.4 Å². The lowest BCUT2D eigenvalue weighted by Gasteiger charge is -2.29. The molecule has 3 rings (SSSR count). The van der Waals surface area contributed by atoms with Crippen LogP contribution in [0.15, 0.2) is 42.5 Å². The molecule has 7 nitrogen and oxygen atoms in total. The quantitative estimate of drug-likeness (QED) is 0.623. The molecular formula is C22H24ClNO6. The number of benzene rings is 2. The largest absolute Gasteiger partial charge is 0.493 e. The summed E-state index contributed by atoms with van der Waals surface area (Å²) in [5, 5.41) is 0.653. The van der Waals surface area contributed by atoms with Crippen LogP contribution >= 0.6 is 11.6 Å². The molecule has 30 heavy (non-hydrogen) atoms. The molecule has 0 saturated carbocycles. The number of nitrogens with zero attached hydrogens (tertiary/aromatic N) is 1. The summed E-state index contributed by atoms with van der Waals surface area (Å²) < 4.78 is 21.7. The van der Waals surface area contributed by atoms with Gasteiger partial charge in [0.2, 0.25) is 0 Å². The van der Waals surface area contributed by atoms with Crippen LogP contribution in [-0.2, 0) is 20.9 Å². The van der Waals surface area contributed by atoms with Gasteiger partial charge < -0.3 is 23.8 Å². The molecule has 0 aliphatic carbocycles. The molecule has 1 atom stereocenters. The highest BCUT2D eigenvalue weighted by molar-refractivity contribution is 6.30. The third-order valence-corrected chi connectivity index (χ3v) is 4.91. The number of carbonyl (C=O) groups excluding carboxylic acids is 2. The van der Waals surface area contributed by atoms with Crippen LogP contribution in [0.5, 0.6) is 11.5 Å². The lowest BCUT2D eigenvalue weighted by molar-refractivity contribution is -0.143. The number of hydrogen-bond donors (Lipinski definition) is 0. The van der Waals surface area contributed by atoms with E-state index in [1.165, 1.54) is 13.2 Å². The molecule has 1 saturated heterocycles. The van der Waals surface area contributed by atoms with Crippen LogP contribution in [0.1, 0.15) is 22.8 Å². The van der Waals surface area contributed by atoms with E-state index >= 15 is 0 Å². The minimum Gasteiger partial charge on any atom is -0.493 e. The molecule has 0 aromatic heterocycles. The summed E-state index contributed by atoms with van der Waals surface area (Å²) in [6, 6.07) is 12.1. The Hall–Kier alpha value is -2.77. The van der Waals surface area contributed by atoms with E-state index < -0.39 is 12.1 Å². The number of hydrogen-bond acceptors (Lipinski definition) is 6. The van der Waals surface area contributed by atoms with Crippen molar-refractivity contribution in [3.63, 3.8) is 0 Å². The standard InChI is InChI=1S/C22H24ClNO6/c1-15(21(25)24-9-11-28-12-10-24)30-22(26)17-5-8-19(20(13-17)27-2)29-14-16-3-6-18(23)7-4-16/h3-8,13,15H,9-12,14H2,1-2H3. The minimum absolute atomic E-state index is 0.235. The summed E-state index contributed by atoms with van der Waals surface area (Å²) in [6.07, 6.45) is -0.887. The van der Waals surface area contributed by atoms with E-state index in [4.69, 9.17) is 30.5 Å². The number of rotatable bonds is 7. The predicted molar refractivity (Wildman–Crippen MR) is 111 cm³/mol. The third kappa shape index (κ3) is 5.64. The lowest BCUT2D eigenvalue weighted by atomic mass is 10.2. The van der Waals surface area contributed by atoms with E-state index in [1.807, 2.05) is 12.1 Å². The van der Waals surface area contributed by atoms with Gasteiger partial charge in [0.15, 0.2) is 17.6 Å². The number of halogens is 1. The molecule has 1 fully saturated rings. The second-order valence-electron chi connectivity index (χ2n) is 6.77. The summed E-state index contributed by atoms with van der Waals surface area (Å²) >= 11 is 5.89. The van der Waals surface area contributed by atoms with Crippen molar-refractivity contribution in [2.45, 2.75) is 19.6 Å². The Labute approximate surface area is 180 Å². The molecule has 1 amide bonds. The summed E-state index contributed by atoms with van der Waals surface area (Å²) in [5.74, 6) is 0.0419. The van der Waals surface area contributed by atoms with Gasteiger partial charge in [-0.15, -0.1) is 0 Å². The van der Waals surface area contributed by atoms with Crippen LogP contribution in [0.25, 0.3) is 0 Å². The molecular weight excluding hydrogens is 410 g/mol. The fourth-order valence-electron chi connectivity index (χ4n) is 2.98. The van der Waals surface area contributed by atoms with Gasteiger partial charge >= 0.3 is 5.97 Å². The Morgan fingerprint density at radius 3 is 2.47 bits per heavy atom. The van der Waals surface area contributed by atoms with Gasteiger partial charge in [0.1, 0.15) is 6.61 Å². The van der Waals surface area contributed by atoms with Crippen molar-refractivity contribution < 1.29 is 28.5 Å². The first kappa shape index (κ1) is 21.9. The number of esters is 1. The number of carbonyl (C=O) groups is 2. The second kappa shape index (κ2) is 10.3. The van der Waals surface area contributed by atoms with Gasteiger partial charge in [-0.1, -0.05) is 23.7 Å². The second-order valence-corrected chi connectivity index (χ2v) is 7.20. The average Bonchev–Trinajstić information content (AvgIpc) is 2.78. The van der Waals surface area contributed by atoms with Crippen LogP contribution in [0.4, 0.5) is 0 Å². The zero-order valence-electron chi connectivity index (χ0n) is 16.9. The van der Waals surface area contributed by atoms with Gasteiger partial charge in [-0.2, -0.15) is 0 Å². The van der Waals surface area contributed by atoms with Crippen molar-refractivity contribution in [3.8, 4) is 11.5 Å². The van der Waals surface area contributed by atoms with E-state index in [2.05, 4.69) is 0 Å². The highest BCUT2D eigenvalue weighted by Crippen LogP contribution is 2.29. The van der Waals surface area contributed by atoms with Crippen molar-refractivity contribution in [2.75, 3.05) is 33.4 Å². The third-order valence-electron chi connectivity index (χ3n) is 4.66. The summed E-state index contributed by atoms with van der Waals surface area (Å²) in [5.41, 5.74) is 1.22. The van der Waals surface area contributed by atoms with Gasteiger partial charge in [0.25, 0.3) is 5.91 Å². The Kier molecular flexibility index (Phi) is 7.54. The smallest absolute Gasteiger partial charge is 0.339 e. The number of amides is 1. The number of morpholine rings is 1. The van der Waals surface area contributed by atoms with Gasteiger partial charge in [-0.25, -0.2) is 4.79 Å². The first-order chi connectivity index (χ1) is 14.5. The molecule has 1 unspecified atom stereocenters. The van der Waals surface area contributed by atoms with Crippen molar-refractivity contribution in [2.24, 2.45) is 0 Å². The van der Waals surface area contributed by atoms with Crippen molar-refractivity contribution in [3.05, 3.63) is 58.6 Å². The molecule has 0 N–H and O–H groups in total. The number of ether oxygens (including phenoxy) is 4. The van der Waals surface area contributed by atoms with Crippen molar-refractivity contribution in [1.82, 2.24) is 4.90 Å². The van der Waals surface area contributed by atoms with Gasteiger partial charge in [-0.05, 0) is 42.8 Å². The fourth-order valence-corrected chi connectivity index (χ4v) is 3.10. The van der Waals surface area contributed by atoms with E-state index in [-0.39, 0.29) is 11.5 Å². The molecule has 1 aliphatic rings. The van der Waals surface area contributed by atoms with Crippen molar-refractivity contribution in [1.29, 1.82) is 0 Å². The maximum atomic E-state index is 12.5. The van der Waals surface area contributed by atoms with Crippen LogP contribution in [-0.4, -0.2) is 56.3 Å². The van der Waals surface area contributed by atoms with Gasteiger partial charge in [0.05, 0.1) is 25.9 Å². The zero-order chi connectivity index (χ0) is 21.5. The van der Waals surface area contributed by atoms with Crippen LogP contribution in [0, 0.1) is 0 Å². The number of methoxy groups -OCH3 is 1. The van der Waals surface area contributed by atoms with Crippen LogP contribution in [0.2, 0.25) is 5.02 Å². The summed E-state index contributed by atoms with van der Waals surface area (Å²) in [4.78, 5) is 26.6. The molecule has 0 radical (unpaired) electrons. The zero-order valence-corrected chi connectivity index (χ0v) is 17.7. The molecule has 2 aromatic carbocycles. The molecule has 0 bridgehead atoms. The molecule has 1 heterocycles. The Bertz CT molecular complexity index is 880. The van der Waals surface area contributed by atoms with Crippen LogP contribution in [0.3, 0.4) is 0 Å². The SMILES string of the molecule is COc1cc(C(=O)OC(C)C(=O)N2CCOCC2)ccc1OCc1ccc(Cl)cc1. The average molecular weight is 434 g/mol. The monoisotopic (exact) mass is 433 g/mol. The Morgan fingerprint density at radius 1 is 1.10 bits per heavy atom. The summed E-state index contributed by atoms with van der Waals surface area (Å²) in [6.45, 7) is 3.85. The van der Waals surface area contributed by atoms with E-state index in [0.717, 1.165) is 5.56 Å². The molecule has 0 spiro atoms.